The van der Waals surface area contributed by atoms with Gasteiger partial charge in [-0.05, 0) is 13.3 Å². The topological polar surface area (TPSA) is 161 Å². The summed E-state index contributed by atoms with van der Waals surface area (Å²) < 4.78 is 92.6. The van der Waals surface area contributed by atoms with E-state index in [1.807, 2.05) is 13.8 Å². The van der Waals surface area contributed by atoms with E-state index in [1.54, 1.807) is 20.8 Å². The van der Waals surface area contributed by atoms with Gasteiger partial charge in [0.15, 0.2) is 6.29 Å². The van der Waals surface area contributed by atoms with Crippen LogP contribution in [0, 0.1) is 17.8 Å². The van der Waals surface area contributed by atoms with Crippen molar-refractivity contribution in [1.82, 2.24) is 0 Å². The quantitative estimate of drug-likeness (QED) is 0.367. The van der Waals surface area contributed by atoms with Crippen LogP contribution in [0.5, 0.6) is 0 Å². The van der Waals surface area contributed by atoms with Crippen LogP contribution in [-0.2, 0) is 43.4 Å². The zero-order valence-corrected chi connectivity index (χ0v) is 18.6. The van der Waals surface area contributed by atoms with Gasteiger partial charge in [-0.25, -0.2) is 16.8 Å². The van der Waals surface area contributed by atoms with Crippen molar-refractivity contribution in [1.29, 1.82) is 0 Å². The Morgan fingerprint density at radius 3 is 1.97 bits per heavy atom. The van der Waals surface area contributed by atoms with E-state index in [9.17, 15) is 25.9 Å². The fourth-order valence-electron chi connectivity index (χ4n) is 3.92. The van der Waals surface area contributed by atoms with Crippen LogP contribution in [0.2, 0.25) is 0 Å². The van der Waals surface area contributed by atoms with Crippen LogP contribution in [0.1, 0.15) is 41.0 Å². The molecule has 0 bridgehead atoms. The zero-order valence-electron chi connectivity index (χ0n) is 16.9. The first-order valence-electron chi connectivity index (χ1n) is 9.44. The van der Waals surface area contributed by atoms with Crippen molar-refractivity contribution in [3.63, 3.8) is 0 Å². The molecule has 2 aliphatic heterocycles. The van der Waals surface area contributed by atoms with Crippen molar-refractivity contribution in [2.75, 3.05) is 6.61 Å². The molecule has 2 heterocycles. The smallest absolute Gasteiger partial charge is 0.217 e. The highest BCUT2D eigenvalue weighted by molar-refractivity contribution is 7.81. The molecule has 0 aliphatic carbocycles. The monoisotopic (exact) mass is 460 g/mol. The Balaban J connectivity index is 2.18. The molecule has 2 saturated heterocycles. The minimum Gasteiger partial charge on any atom is -0.726 e. The van der Waals surface area contributed by atoms with Crippen LogP contribution in [0.15, 0.2) is 0 Å². The minimum absolute atomic E-state index is 0.184. The van der Waals surface area contributed by atoms with E-state index in [2.05, 4.69) is 4.18 Å². The Labute approximate surface area is 171 Å². The highest BCUT2D eigenvalue weighted by atomic mass is 32.3. The predicted octanol–water partition coefficient (Wildman–Crippen LogP) is 0.524. The average Bonchev–Trinajstić information content (AvgIpc) is 2.88. The third kappa shape index (κ3) is 6.55. The molecule has 0 radical (unpaired) electrons. The molecule has 11 nitrogen and oxygen atoms in total. The van der Waals surface area contributed by atoms with Gasteiger partial charge in [0.25, 0.3) is 0 Å². The number of rotatable bonds is 8. The molecule has 0 N–H and O–H groups in total. The van der Waals surface area contributed by atoms with Gasteiger partial charge >= 0.3 is 0 Å². The van der Waals surface area contributed by atoms with Crippen LogP contribution in [-0.4, -0.2) is 69.4 Å². The maximum atomic E-state index is 11.1. The Hall–Kier alpha value is -0.380. The van der Waals surface area contributed by atoms with Crippen molar-refractivity contribution < 1.29 is 48.5 Å². The average molecular weight is 461 g/mol. The molecule has 2 rings (SSSR count). The fraction of sp³-hybridized carbons (Fsp3) is 1.00. The SMILES string of the molecule is CCC1OC(COS(=O)(=O)[O-])C(OC2OC(C)C(C)C(OS(=O)(=O)[O-])C2C)C1C. The summed E-state index contributed by atoms with van der Waals surface area (Å²) in [6.45, 7) is 8.26. The van der Waals surface area contributed by atoms with E-state index in [0.29, 0.717) is 6.42 Å². The van der Waals surface area contributed by atoms with Crippen LogP contribution in [0.25, 0.3) is 0 Å². The standard InChI is InChI=1S/C16H30O11S2/c1-6-12-9(3)15(13(25-12)7-23-28(17,18)19)26-16-10(4)14(27-29(20,21)22)8(2)11(5)24-16/h8-16H,6-7H2,1-5H3,(H,17,18,19)(H,20,21,22)/p-2. The van der Waals surface area contributed by atoms with Crippen molar-refractivity contribution >= 4 is 20.8 Å². The third-order valence-corrected chi connectivity index (χ3v) is 6.56. The Morgan fingerprint density at radius 2 is 1.45 bits per heavy atom. The normalized spacial score (nSPS) is 41.6. The summed E-state index contributed by atoms with van der Waals surface area (Å²) in [4.78, 5) is 0. The number of ether oxygens (including phenoxy) is 3. The largest absolute Gasteiger partial charge is 0.726 e. The molecule has 0 saturated carbocycles. The first kappa shape index (κ1) is 24.9. The van der Waals surface area contributed by atoms with Gasteiger partial charge in [-0.2, -0.15) is 0 Å². The summed E-state index contributed by atoms with van der Waals surface area (Å²) >= 11 is 0. The minimum atomic E-state index is -4.93. The van der Waals surface area contributed by atoms with Gasteiger partial charge in [0, 0.05) is 17.8 Å². The second kappa shape index (κ2) is 9.40. The van der Waals surface area contributed by atoms with E-state index < -0.39 is 64.0 Å². The van der Waals surface area contributed by atoms with Crippen LogP contribution >= 0.6 is 0 Å². The first-order valence-corrected chi connectivity index (χ1v) is 12.1. The predicted molar refractivity (Wildman–Crippen MR) is 95.9 cm³/mol. The fourth-order valence-corrected chi connectivity index (χ4v) is 4.85. The molecular weight excluding hydrogens is 432 g/mol. The molecule has 0 aromatic heterocycles. The molecule has 0 aromatic rings. The molecule has 2 fully saturated rings. The Bertz CT molecular complexity index is 753. The summed E-state index contributed by atoms with van der Waals surface area (Å²) in [6.07, 6.45) is -3.53. The Morgan fingerprint density at radius 1 is 0.828 bits per heavy atom. The summed E-state index contributed by atoms with van der Waals surface area (Å²) in [6, 6.07) is 0. The van der Waals surface area contributed by atoms with Crippen LogP contribution in [0.4, 0.5) is 0 Å². The van der Waals surface area contributed by atoms with E-state index in [1.165, 1.54) is 0 Å². The maximum Gasteiger partial charge on any atom is 0.217 e. The van der Waals surface area contributed by atoms with E-state index >= 15 is 0 Å². The van der Waals surface area contributed by atoms with Gasteiger partial charge in [0.1, 0.15) is 6.10 Å². The highest BCUT2D eigenvalue weighted by Gasteiger charge is 2.48. The Kier molecular flexibility index (Phi) is 8.07. The van der Waals surface area contributed by atoms with Crippen LogP contribution in [0.3, 0.4) is 0 Å². The molecule has 2 aliphatic rings. The van der Waals surface area contributed by atoms with Crippen LogP contribution < -0.4 is 0 Å². The van der Waals surface area contributed by atoms with E-state index in [0.717, 1.165) is 0 Å². The maximum absolute atomic E-state index is 11.1. The van der Waals surface area contributed by atoms with Crippen molar-refractivity contribution in [2.24, 2.45) is 17.8 Å². The van der Waals surface area contributed by atoms with Crippen molar-refractivity contribution in [2.45, 2.75) is 77.8 Å². The van der Waals surface area contributed by atoms with Gasteiger partial charge in [0.2, 0.25) is 20.8 Å². The molecule has 13 heteroatoms. The molecule has 29 heavy (non-hydrogen) atoms. The molecule has 9 unspecified atom stereocenters. The van der Waals surface area contributed by atoms with Crippen molar-refractivity contribution in [3.05, 3.63) is 0 Å². The van der Waals surface area contributed by atoms with Gasteiger partial charge in [-0.1, -0.05) is 27.7 Å². The second-order valence-corrected chi connectivity index (χ2v) is 9.73. The van der Waals surface area contributed by atoms with Gasteiger partial charge < -0.3 is 23.3 Å². The van der Waals surface area contributed by atoms with Gasteiger partial charge in [-0.3, -0.25) is 8.37 Å². The van der Waals surface area contributed by atoms with Gasteiger partial charge in [0.05, 0.1) is 31.0 Å². The molecular formula is C16H28O11S2-2. The molecule has 0 spiro atoms. The van der Waals surface area contributed by atoms with E-state index in [4.69, 9.17) is 18.4 Å². The lowest BCUT2D eigenvalue weighted by Crippen LogP contribution is -2.52. The molecule has 9 atom stereocenters. The molecule has 0 aromatic carbocycles. The number of hydrogen-bond acceptors (Lipinski definition) is 11. The molecule has 0 amide bonds. The lowest BCUT2D eigenvalue weighted by molar-refractivity contribution is -0.276. The summed E-state index contributed by atoms with van der Waals surface area (Å²) in [7, 11) is -9.83. The van der Waals surface area contributed by atoms with Crippen molar-refractivity contribution in [3.8, 4) is 0 Å². The van der Waals surface area contributed by atoms with Gasteiger partial charge in [-0.15, -0.1) is 0 Å². The highest BCUT2D eigenvalue weighted by Crippen LogP contribution is 2.38. The zero-order chi connectivity index (χ0) is 22.1. The number of hydrogen-bond donors (Lipinski definition) is 0. The summed E-state index contributed by atoms with van der Waals surface area (Å²) in [5.41, 5.74) is 0. The van der Waals surface area contributed by atoms with E-state index in [-0.39, 0.29) is 17.9 Å². The lowest BCUT2D eigenvalue weighted by atomic mass is 9.86. The summed E-state index contributed by atoms with van der Waals surface area (Å²) in [5.74, 6) is -1.20. The summed E-state index contributed by atoms with van der Waals surface area (Å²) in [5, 5.41) is 0. The second-order valence-electron chi connectivity index (χ2n) is 7.67. The third-order valence-electron chi connectivity index (χ3n) is 5.67. The first-order chi connectivity index (χ1) is 13.2. The lowest BCUT2D eigenvalue weighted by Gasteiger charge is -2.44. The molecule has 172 valence electrons.